The zero-order valence-electron chi connectivity index (χ0n) is 16.9. The Morgan fingerprint density at radius 1 is 1.27 bits per heavy atom. The van der Waals surface area contributed by atoms with Gasteiger partial charge in [0, 0.05) is 30.4 Å². The predicted molar refractivity (Wildman–Crippen MR) is 115 cm³/mol. The highest BCUT2D eigenvalue weighted by atomic mass is 35.5. The van der Waals surface area contributed by atoms with E-state index in [-0.39, 0.29) is 5.91 Å². The van der Waals surface area contributed by atoms with E-state index in [1.165, 1.54) is 0 Å². The first kappa shape index (κ1) is 20.2. The summed E-state index contributed by atoms with van der Waals surface area (Å²) in [5.41, 5.74) is 3.77. The van der Waals surface area contributed by atoms with Crippen LogP contribution in [0.15, 0.2) is 30.5 Å². The van der Waals surface area contributed by atoms with Gasteiger partial charge >= 0.3 is 0 Å². The van der Waals surface area contributed by atoms with Crippen LogP contribution in [0.25, 0.3) is 22.8 Å². The quantitative estimate of drug-likeness (QED) is 0.551. The fraction of sp³-hybridized carbons (Fsp3) is 0.318. The van der Waals surface area contributed by atoms with Gasteiger partial charge in [0.2, 0.25) is 0 Å². The minimum Gasteiger partial charge on any atom is -0.493 e. The summed E-state index contributed by atoms with van der Waals surface area (Å²) in [6.07, 6.45) is 4.42. The third-order valence-corrected chi connectivity index (χ3v) is 5.25. The molecule has 156 valence electrons. The normalized spacial score (nSPS) is 13.0. The summed E-state index contributed by atoms with van der Waals surface area (Å²) in [5.74, 6) is 1.50. The van der Waals surface area contributed by atoms with Crippen molar-refractivity contribution in [3.8, 4) is 34.3 Å². The van der Waals surface area contributed by atoms with Gasteiger partial charge < -0.3 is 19.8 Å². The van der Waals surface area contributed by atoms with Crippen LogP contribution in [-0.2, 0) is 6.42 Å². The molecule has 2 N–H and O–H groups in total. The lowest BCUT2D eigenvalue weighted by molar-refractivity contribution is 0.0946. The molecular formula is C22H23ClN4O3. The number of rotatable bonds is 7. The van der Waals surface area contributed by atoms with Crippen molar-refractivity contribution in [1.29, 1.82) is 0 Å². The van der Waals surface area contributed by atoms with Crippen LogP contribution in [0.2, 0.25) is 5.02 Å². The molecule has 3 aromatic rings. The van der Waals surface area contributed by atoms with E-state index in [9.17, 15) is 4.79 Å². The Kier molecular flexibility index (Phi) is 5.90. The van der Waals surface area contributed by atoms with E-state index in [4.69, 9.17) is 21.1 Å². The number of nitrogens with zero attached hydrogens (tertiary/aromatic N) is 2. The van der Waals surface area contributed by atoms with E-state index in [1.807, 2.05) is 12.1 Å². The molecule has 0 saturated heterocycles. The Morgan fingerprint density at radius 2 is 2.13 bits per heavy atom. The first-order valence-electron chi connectivity index (χ1n) is 9.95. The van der Waals surface area contributed by atoms with E-state index in [0.29, 0.717) is 46.8 Å². The standard InChI is InChI=1S/C22H23ClN4O3/c1-3-4-9-30-20-15(23)10-13(11-19(20)29-2)21-24-7-6-17(27-21)18-12-14-16(26-18)5-8-25-22(14)28/h6-7,10-12,26H,3-5,8-9H2,1-2H3,(H,25,28). The highest BCUT2D eigenvalue weighted by Gasteiger charge is 2.21. The van der Waals surface area contributed by atoms with Gasteiger partial charge in [-0.05, 0) is 30.7 Å². The van der Waals surface area contributed by atoms with Crippen LogP contribution in [0, 0.1) is 0 Å². The number of fused-ring (bicyclic) bond motifs is 1. The van der Waals surface area contributed by atoms with Crippen molar-refractivity contribution in [2.75, 3.05) is 20.3 Å². The molecule has 3 heterocycles. The highest BCUT2D eigenvalue weighted by molar-refractivity contribution is 6.32. The van der Waals surface area contributed by atoms with Crippen LogP contribution >= 0.6 is 11.6 Å². The lowest BCUT2D eigenvalue weighted by Crippen LogP contribution is -2.31. The Morgan fingerprint density at radius 3 is 2.90 bits per heavy atom. The largest absolute Gasteiger partial charge is 0.493 e. The Balaban J connectivity index is 1.67. The van der Waals surface area contributed by atoms with E-state index >= 15 is 0 Å². The number of carbonyl (C=O) groups is 1. The molecule has 2 aromatic heterocycles. The number of aromatic nitrogens is 3. The number of methoxy groups -OCH3 is 1. The van der Waals surface area contributed by atoms with Crippen molar-refractivity contribution < 1.29 is 14.3 Å². The average molecular weight is 427 g/mol. The molecule has 1 aliphatic heterocycles. The van der Waals surface area contributed by atoms with E-state index in [0.717, 1.165) is 36.2 Å². The molecule has 30 heavy (non-hydrogen) atoms. The fourth-order valence-electron chi connectivity index (χ4n) is 3.39. The first-order valence-corrected chi connectivity index (χ1v) is 10.3. The maximum Gasteiger partial charge on any atom is 0.253 e. The van der Waals surface area contributed by atoms with E-state index in [2.05, 4.69) is 27.2 Å². The van der Waals surface area contributed by atoms with Crippen molar-refractivity contribution >= 4 is 17.5 Å². The minimum absolute atomic E-state index is 0.0665. The summed E-state index contributed by atoms with van der Waals surface area (Å²) in [6.45, 7) is 3.30. The fourth-order valence-corrected chi connectivity index (χ4v) is 3.65. The predicted octanol–water partition coefficient (Wildman–Crippen LogP) is 4.27. The summed E-state index contributed by atoms with van der Waals surface area (Å²) in [4.78, 5) is 24.4. The third-order valence-electron chi connectivity index (χ3n) is 4.97. The van der Waals surface area contributed by atoms with Crippen molar-refractivity contribution in [3.63, 3.8) is 0 Å². The lowest BCUT2D eigenvalue weighted by atomic mass is 10.1. The molecule has 0 saturated carbocycles. The maximum absolute atomic E-state index is 12.0. The molecule has 0 unspecified atom stereocenters. The summed E-state index contributed by atoms with van der Waals surface area (Å²) < 4.78 is 11.3. The van der Waals surface area contributed by atoms with Gasteiger partial charge in [0.1, 0.15) is 0 Å². The molecule has 1 amide bonds. The molecule has 0 aliphatic carbocycles. The van der Waals surface area contributed by atoms with Crippen LogP contribution in [0.3, 0.4) is 0 Å². The van der Waals surface area contributed by atoms with Crippen LogP contribution in [0.1, 0.15) is 35.8 Å². The van der Waals surface area contributed by atoms with Crippen molar-refractivity contribution in [2.45, 2.75) is 26.2 Å². The molecule has 0 spiro atoms. The molecule has 0 bridgehead atoms. The summed E-state index contributed by atoms with van der Waals surface area (Å²) in [7, 11) is 1.58. The van der Waals surface area contributed by atoms with Gasteiger partial charge in [-0.2, -0.15) is 0 Å². The molecular weight excluding hydrogens is 404 g/mol. The Hall–Kier alpha value is -3.06. The molecule has 0 atom stereocenters. The van der Waals surface area contributed by atoms with E-state index in [1.54, 1.807) is 25.4 Å². The molecule has 8 heteroatoms. The topological polar surface area (TPSA) is 89.1 Å². The second-order valence-electron chi connectivity index (χ2n) is 7.04. The second-order valence-corrected chi connectivity index (χ2v) is 7.45. The monoisotopic (exact) mass is 426 g/mol. The van der Waals surface area contributed by atoms with Gasteiger partial charge in [-0.3, -0.25) is 4.79 Å². The number of hydrogen-bond acceptors (Lipinski definition) is 5. The smallest absolute Gasteiger partial charge is 0.253 e. The van der Waals surface area contributed by atoms with Gasteiger partial charge in [-0.25, -0.2) is 9.97 Å². The summed E-state index contributed by atoms with van der Waals surface area (Å²) >= 11 is 6.47. The molecule has 0 radical (unpaired) electrons. The Bertz CT molecular complexity index is 1080. The highest BCUT2D eigenvalue weighted by Crippen LogP contribution is 2.39. The molecule has 1 aliphatic rings. The number of ether oxygens (including phenoxy) is 2. The van der Waals surface area contributed by atoms with Gasteiger partial charge in [-0.15, -0.1) is 0 Å². The molecule has 7 nitrogen and oxygen atoms in total. The van der Waals surface area contributed by atoms with Crippen LogP contribution in [0.5, 0.6) is 11.5 Å². The number of unbranched alkanes of at least 4 members (excludes halogenated alkanes) is 1. The zero-order chi connectivity index (χ0) is 21.1. The Labute approximate surface area is 179 Å². The molecule has 0 fully saturated rings. The van der Waals surface area contributed by atoms with Crippen LogP contribution < -0.4 is 14.8 Å². The van der Waals surface area contributed by atoms with Crippen LogP contribution in [0.4, 0.5) is 0 Å². The van der Waals surface area contributed by atoms with Gasteiger partial charge in [0.25, 0.3) is 5.91 Å². The van der Waals surface area contributed by atoms with Crippen LogP contribution in [-0.4, -0.2) is 41.1 Å². The number of halogens is 1. The number of carbonyl (C=O) groups excluding carboxylic acids is 1. The van der Waals surface area contributed by atoms with Gasteiger partial charge in [0.15, 0.2) is 17.3 Å². The molecule has 4 rings (SSSR count). The first-order chi connectivity index (χ1) is 14.6. The number of H-pyrrole nitrogens is 1. The number of hydrogen-bond donors (Lipinski definition) is 2. The van der Waals surface area contributed by atoms with Crippen molar-refractivity contribution in [3.05, 3.63) is 46.7 Å². The zero-order valence-corrected chi connectivity index (χ0v) is 17.7. The average Bonchev–Trinajstić information content (AvgIpc) is 3.20. The second kappa shape index (κ2) is 8.75. The summed E-state index contributed by atoms with van der Waals surface area (Å²) in [6, 6.07) is 7.23. The maximum atomic E-state index is 12.0. The minimum atomic E-state index is -0.0665. The van der Waals surface area contributed by atoms with E-state index < -0.39 is 0 Å². The van der Waals surface area contributed by atoms with Crippen molar-refractivity contribution in [2.24, 2.45) is 0 Å². The van der Waals surface area contributed by atoms with Gasteiger partial charge in [-0.1, -0.05) is 24.9 Å². The lowest BCUT2D eigenvalue weighted by Gasteiger charge is -2.14. The SMILES string of the molecule is CCCCOc1c(Cl)cc(-c2nccc(-c3cc4c([nH]3)CCNC4=O)n2)cc1OC. The third kappa shape index (κ3) is 3.98. The number of amides is 1. The number of nitrogens with one attached hydrogen (secondary N) is 2. The number of benzene rings is 1. The molecule has 1 aromatic carbocycles. The van der Waals surface area contributed by atoms with Crippen molar-refractivity contribution in [1.82, 2.24) is 20.3 Å². The summed E-state index contributed by atoms with van der Waals surface area (Å²) in [5, 5.41) is 3.30. The van der Waals surface area contributed by atoms with Gasteiger partial charge in [0.05, 0.1) is 35.7 Å². The number of aromatic amines is 1.